The van der Waals surface area contributed by atoms with Crippen LogP contribution >= 0.6 is 0 Å². The van der Waals surface area contributed by atoms with E-state index < -0.39 is 11.4 Å². The van der Waals surface area contributed by atoms with Crippen LogP contribution in [0.5, 0.6) is 0 Å². The first-order valence-electron chi connectivity index (χ1n) is 15.8. The minimum absolute atomic E-state index is 0.179. The number of hydrogen-bond acceptors (Lipinski definition) is 6. The fourth-order valence-electron chi connectivity index (χ4n) is 10.2. The normalized spacial score (nSPS) is 41.2. The zero-order valence-electron chi connectivity index (χ0n) is 24.8. The van der Waals surface area contributed by atoms with Gasteiger partial charge in [-0.15, -0.1) is 0 Å². The Kier molecular flexibility index (Phi) is 6.37. The van der Waals surface area contributed by atoms with Crippen molar-refractivity contribution in [1.29, 1.82) is 0 Å². The van der Waals surface area contributed by atoms with Gasteiger partial charge >= 0.3 is 5.97 Å². The maximum atomic E-state index is 13.8. The van der Waals surface area contributed by atoms with Crippen LogP contribution in [-0.4, -0.2) is 49.6 Å². The zero-order chi connectivity index (χ0) is 27.8. The van der Waals surface area contributed by atoms with Gasteiger partial charge in [0.1, 0.15) is 0 Å². The lowest BCUT2D eigenvalue weighted by atomic mass is 9.46. The van der Waals surface area contributed by atoms with Gasteiger partial charge in [0.2, 0.25) is 5.79 Å². The molecule has 6 atom stereocenters. The lowest BCUT2D eigenvalue weighted by Gasteiger charge is -2.61. The lowest BCUT2D eigenvalue weighted by molar-refractivity contribution is -0.297. The molecule has 0 aromatic heterocycles. The molecule has 0 radical (unpaired) electrons. The zero-order valence-corrected chi connectivity index (χ0v) is 24.8. The minimum Gasteiger partial charge on any atom is -0.449 e. The third-order valence-electron chi connectivity index (χ3n) is 12.5. The highest BCUT2D eigenvalue weighted by Gasteiger charge is 2.73. The van der Waals surface area contributed by atoms with E-state index in [2.05, 4.69) is 26.8 Å². The van der Waals surface area contributed by atoms with Crippen LogP contribution in [0.4, 0.5) is 0 Å². The van der Waals surface area contributed by atoms with E-state index >= 15 is 0 Å². The predicted octanol–water partition coefficient (Wildman–Crippen LogP) is 6.61. The monoisotopic (exact) mass is 550 g/mol. The molecule has 0 N–H and O–H groups in total. The molecule has 218 valence electrons. The van der Waals surface area contributed by atoms with Crippen LogP contribution in [0.15, 0.2) is 35.9 Å². The van der Waals surface area contributed by atoms with Gasteiger partial charge in [-0.25, -0.2) is 4.79 Å². The van der Waals surface area contributed by atoms with E-state index in [4.69, 9.17) is 23.7 Å². The standard InChI is InChI=1S/C34H46O6/c1-5-23-6-8-24(9-7-23)29(35)40-34(32(4)36-18-19-37-32)15-13-28-26-11-10-25-22-33(38-20-21-39-33)17-16-30(25,2)27(26)12-14-31(28,34)3/h6-10,26-28H,5,11-22H2,1-4H3/t26-,27+,28+,30+,31+,34-/m1/s1. The summed E-state index contributed by atoms with van der Waals surface area (Å²) in [5.41, 5.74) is 2.47. The van der Waals surface area contributed by atoms with Gasteiger partial charge in [-0.1, -0.05) is 44.6 Å². The fraction of sp³-hybridized carbons (Fsp3) is 0.735. The highest BCUT2D eigenvalue weighted by molar-refractivity contribution is 5.90. The molecule has 3 saturated carbocycles. The minimum atomic E-state index is -0.948. The second-order valence-electron chi connectivity index (χ2n) is 13.9. The molecule has 5 fully saturated rings. The largest absolute Gasteiger partial charge is 0.449 e. The topological polar surface area (TPSA) is 63.2 Å². The van der Waals surface area contributed by atoms with Gasteiger partial charge in [-0.05, 0) is 92.7 Å². The summed E-state index contributed by atoms with van der Waals surface area (Å²) in [7, 11) is 0. The van der Waals surface area contributed by atoms with Gasteiger partial charge in [-0.2, -0.15) is 0 Å². The summed E-state index contributed by atoms with van der Waals surface area (Å²) in [6, 6.07) is 7.86. The maximum Gasteiger partial charge on any atom is 0.338 e. The van der Waals surface area contributed by atoms with Crippen LogP contribution < -0.4 is 0 Å². The van der Waals surface area contributed by atoms with Crippen molar-refractivity contribution >= 4 is 5.97 Å². The average Bonchev–Trinajstić information content (AvgIpc) is 3.68. The quantitative estimate of drug-likeness (QED) is 0.310. The van der Waals surface area contributed by atoms with Crippen molar-refractivity contribution in [2.45, 2.75) is 103 Å². The number of rotatable bonds is 4. The smallest absolute Gasteiger partial charge is 0.338 e. The average molecular weight is 551 g/mol. The van der Waals surface area contributed by atoms with Crippen LogP contribution in [0.3, 0.4) is 0 Å². The summed E-state index contributed by atoms with van der Waals surface area (Å²) < 4.78 is 31.8. The molecular weight excluding hydrogens is 504 g/mol. The number of aryl methyl sites for hydroxylation is 1. The Labute approximate surface area is 239 Å². The Bertz CT molecular complexity index is 1180. The number of carbonyl (C=O) groups excluding carboxylic acids is 1. The molecule has 6 aliphatic rings. The summed E-state index contributed by atoms with van der Waals surface area (Å²) in [5, 5.41) is 0. The van der Waals surface area contributed by atoms with Gasteiger partial charge in [0.25, 0.3) is 0 Å². The molecule has 2 aliphatic heterocycles. The summed E-state index contributed by atoms with van der Waals surface area (Å²) in [6.07, 6.45) is 11.5. The van der Waals surface area contributed by atoms with Crippen molar-refractivity contribution in [1.82, 2.24) is 0 Å². The number of hydrogen-bond donors (Lipinski definition) is 0. The Balaban J connectivity index is 1.21. The van der Waals surface area contributed by atoms with Gasteiger partial charge in [0, 0.05) is 18.3 Å². The maximum absolute atomic E-state index is 13.8. The Morgan fingerprint density at radius 3 is 2.25 bits per heavy atom. The molecular formula is C34H46O6. The lowest BCUT2D eigenvalue weighted by Crippen LogP contribution is -2.65. The predicted molar refractivity (Wildman–Crippen MR) is 151 cm³/mol. The molecule has 6 nitrogen and oxygen atoms in total. The second kappa shape index (κ2) is 9.39. The van der Waals surface area contributed by atoms with E-state index in [9.17, 15) is 4.79 Å². The first-order valence-corrected chi connectivity index (χ1v) is 15.8. The molecule has 4 aliphatic carbocycles. The van der Waals surface area contributed by atoms with Gasteiger partial charge < -0.3 is 23.7 Å². The number of benzene rings is 1. The fourth-order valence-corrected chi connectivity index (χ4v) is 10.2. The Morgan fingerprint density at radius 1 is 0.875 bits per heavy atom. The SMILES string of the molecule is CCc1ccc(C(=O)O[C@]2(C3(C)OCCO3)CC[C@H]3[C@@H]4CC=C5CC6(CC[C@]5(C)[C@H]4CC[C@@]32C)OCCO6)cc1. The molecule has 1 spiro atoms. The van der Waals surface area contributed by atoms with Crippen molar-refractivity contribution in [3.8, 4) is 0 Å². The van der Waals surface area contributed by atoms with E-state index in [0.29, 0.717) is 49.7 Å². The Morgan fingerprint density at radius 2 is 1.55 bits per heavy atom. The van der Waals surface area contributed by atoms with E-state index in [-0.39, 0.29) is 22.6 Å². The molecule has 1 aromatic carbocycles. The van der Waals surface area contributed by atoms with Crippen LogP contribution in [-0.2, 0) is 30.1 Å². The first-order chi connectivity index (χ1) is 19.2. The molecule has 0 amide bonds. The molecule has 0 bridgehead atoms. The van der Waals surface area contributed by atoms with Crippen LogP contribution in [0, 0.1) is 28.6 Å². The number of ether oxygens (including phenoxy) is 5. The molecule has 40 heavy (non-hydrogen) atoms. The number of allylic oxidation sites excluding steroid dienone is 1. The first kappa shape index (κ1) is 27.1. The number of esters is 1. The highest BCUT2D eigenvalue weighted by atomic mass is 16.8. The number of fused-ring (bicyclic) bond motifs is 5. The second-order valence-corrected chi connectivity index (χ2v) is 13.9. The molecule has 6 heteroatoms. The molecule has 2 saturated heterocycles. The van der Waals surface area contributed by atoms with Crippen LogP contribution in [0.2, 0.25) is 0 Å². The van der Waals surface area contributed by atoms with Crippen molar-refractivity contribution < 1.29 is 28.5 Å². The molecule has 2 heterocycles. The van der Waals surface area contributed by atoms with Crippen molar-refractivity contribution in [3.63, 3.8) is 0 Å². The Hall–Kier alpha value is -1.73. The van der Waals surface area contributed by atoms with Gasteiger partial charge in [0.15, 0.2) is 11.4 Å². The number of carbonyl (C=O) groups is 1. The highest BCUT2D eigenvalue weighted by Crippen LogP contribution is 2.71. The van der Waals surface area contributed by atoms with Crippen LogP contribution in [0.25, 0.3) is 0 Å². The van der Waals surface area contributed by atoms with E-state index in [0.717, 1.165) is 57.8 Å². The van der Waals surface area contributed by atoms with E-state index in [1.165, 1.54) is 5.56 Å². The molecule has 7 rings (SSSR count). The summed E-state index contributed by atoms with van der Waals surface area (Å²) in [6.45, 7) is 11.5. The van der Waals surface area contributed by atoms with E-state index in [1.54, 1.807) is 5.57 Å². The van der Waals surface area contributed by atoms with Crippen molar-refractivity contribution in [2.75, 3.05) is 26.4 Å². The third-order valence-corrected chi connectivity index (χ3v) is 12.5. The van der Waals surface area contributed by atoms with Crippen molar-refractivity contribution in [2.24, 2.45) is 28.6 Å². The van der Waals surface area contributed by atoms with Gasteiger partial charge in [-0.3, -0.25) is 0 Å². The summed E-state index contributed by atoms with van der Waals surface area (Å²) >= 11 is 0. The van der Waals surface area contributed by atoms with Gasteiger partial charge in [0.05, 0.1) is 32.0 Å². The molecule has 1 aromatic rings. The van der Waals surface area contributed by atoms with Crippen molar-refractivity contribution in [3.05, 3.63) is 47.0 Å². The summed E-state index contributed by atoms with van der Waals surface area (Å²) in [5.74, 6) is 0.0154. The van der Waals surface area contributed by atoms with Crippen LogP contribution in [0.1, 0.15) is 95.0 Å². The summed E-state index contributed by atoms with van der Waals surface area (Å²) in [4.78, 5) is 13.8. The molecule has 0 unspecified atom stereocenters. The third kappa shape index (κ3) is 3.71. The van der Waals surface area contributed by atoms with E-state index in [1.807, 2.05) is 31.2 Å².